The molecule has 0 fully saturated rings. The molecule has 1 aromatic carbocycles. The molecule has 0 aliphatic rings. The lowest BCUT2D eigenvalue weighted by atomic mass is 10.0. The largest absolute Gasteiger partial charge is 0.497 e. The first-order valence-electron chi connectivity index (χ1n) is 6.60. The second kappa shape index (κ2) is 7.52. The molecule has 0 aromatic heterocycles. The molecule has 21 heavy (non-hydrogen) atoms. The van der Waals surface area contributed by atoms with Gasteiger partial charge in [-0.1, -0.05) is 6.92 Å². The van der Waals surface area contributed by atoms with Gasteiger partial charge >= 0.3 is 11.9 Å². The molecule has 0 aliphatic carbocycles. The van der Waals surface area contributed by atoms with E-state index in [1.165, 1.54) is 26.4 Å². The van der Waals surface area contributed by atoms with E-state index in [1.807, 2.05) is 6.92 Å². The third-order valence-corrected chi connectivity index (χ3v) is 3.04. The van der Waals surface area contributed by atoms with Gasteiger partial charge in [-0.25, -0.2) is 4.79 Å². The van der Waals surface area contributed by atoms with Crippen LogP contribution >= 0.6 is 0 Å². The summed E-state index contributed by atoms with van der Waals surface area (Å²) < 4.78 is 15.5. The van der Waals surface area contributed by atoms with Crippen LogP contribution in [0.3, 0.4) is 0 Å². The molecule has 1 aromatic rings. The van der Waals surface area contributed by atoms with Crippen LogP contribution in [-0.2, 0) is 16.0 Å². The summed E-state index contributed by atoms with van der Waals surface area (Å²) in [5, 5.41) is 8.99. The first kappa shape index (κ1) is 16.8. The van der Waals surface area contributed by atoms with Crippen molar-refractivity contribution in [1.29, 1.82) is 0 Å². The zero-order valence-electron chi connectivity index (χ0n) is 12.6. The number of hydrogen-bond acceptors (Lipinski definition) is 5. The van der Waals surface area contributed by atoms with Crippen LogP contribution in [0, 0.1) is 0 Å². The number of aliphatic carboxylic acids is 1. The minimum atomic E-state index is -1.05. The van der Waals surface area contributed by atoms with Crippen molar-refractivity contribution in [3.8, 4) is 11.5 Å². The smallest absolute Gasteiger partial charge is 0.342 e. The van der Waals surface area contributed by atoms with E-state index in [9.17, 15) is 9.59 Å². The second-order valence-corrected chi connectivity index (χ2v) is 4.56. The fourth-order valence-corrected chi connectivity index (χ4v) is 1.78. The predicted molar refractivity (Wildman–Crippen MR) is 76.1 cm³/mol. The number of carbonyl (C=O) groups is 2. The minimum absolute atomic E-state index is 0.126. The van der Waals surface area contributed by atoms with Crippen molar-refractivity contribution < 1.29 is 28.9 Å². The molecule has 6 nitrogen and oxygen atoms in total. The normalized spacial score (nSPS) is 11.6. The van der Waals surface area contributed by atoms with Crippen LogP contribution in [0.2, 0.25) is 0 Å². The average molecular weight is 296 g/mol. The maximum absolute atomic E-state index is 12.3. The summed E-state index contributed by atoms with van der Waals surface area (Å²) >= 11 is 0. The highest BCUT2D eigenvalue weighted by Crippen LogP contribution is 2.30. The first-order valence-corrected chi connectivity index (χ1v) is 6.60. The summed E-state index contributed by atoms with van der Waals surface area (Å²) in [6, 6.07) is 3.03. The third-order valence-electron chi connectivity index (χ3n) is 3.04. The van der Waals surface area contributed by atoms with Crippen LogP contribution in [0.15, 0.2) is 12.1 Å². The Morgan fingerprint density at radius 3 is 2.38 bits per heavy atom. The van der Waals surface area contributed by atoms with Crippen molar-refractivity contribution in [2.24, 2.45) is 0 Å². The zero-order valence-corrected chi connectivity index (χ0v) is 12.6. The van der Waals surface area contributed by atoms with Crippen molar-refractivity contribution in [3.05, 3.63) is 23.3 Å². The Labute approximate surface area is 123 Å². The van der Waals surface area contributed by atoms with E-state index in [2.05, 4.69) is 0 Å². The van der Waals surface area contributed by atoms with Gasteiger partial charge in [-0.2, -0.15) is 0 Å². The van der Waals surface area contributed by atoms with Crippen molar-refractivity contribution in [1.82, 2.24) is 0 Å². The van der Waals surface area contributed by atoms with Gasteiger partial charge in [0, 0.05) is 6.07 Å². The van der Waals surface area contributed by atoms with Crippen LogP contribution in [0.1, 0.15) is 36.2 Å². The first-order chi connectivity index (χ1) is 9.92. The van der Waals surface area contributed by atoms with E-state index >= 15 is 0 Å². The van der Waals surface area contributed by atoms with Crippen LogP contribution in [-0.4, -0.2) is 37.4 Å². The molecule has 1 unspecified atom stereocenters. The summed E-state index contributed by atoms with van der Waals surface area (Å²) in [4.78, 5) is 23.2. The van der Waals surface area contributed by atoms with Gasteiger partial charge in [0.05, 0.1) is 26.7 Å². The third kappa shape index (κ3) is 4.37. The number of methoxy groups -OCH3 is 2. The van der Waals surface area contributed by atoms with Crippen LogP contribution in [0.25, 0.3) is 0 Å². The van der Waals surface area contributed by atoms with E-state index in [0.717, 1.165) is 0 Å². The fraction of sp³-hybridized carbons (Fsp3) is 0.467. The molecule has 0 spiro atoms. The van der Waals surface area contributed by atoms with Gasteiger partial charge in [-0.05, 0) is 25.0 Å². The van der Waals surface area contributed by atoms with Crippen molar-refractivity contribution in [2.75, 3.05) is 14.2 Å². The number of benzene rings is 1. The van der Waals surface area contributed by atoms with Crippen molar-refractivity contribution >= 4 is 11.9 Å². The lowest BCUT2D eigenvalue weighted by Crippen LogP contribution is -2.18. The quantitative estimate of drug-likeness (QED) is 0.777. The van der Waals surface area contributed by atoms with E-state index in [4.69, 9.17) is 19.3 Å². The highest BCUT2D eigenvalue weighted by molar-refractivity contribution is 5.96. The summed E-state index contributed by atoms with van der Waals surface area (Å²) in [7, 11) is 2.86. The molecular weight excluding hydrogens is 276 g/mol. The molecule has 0 heterocycles. The average Bonchev–Trinajstić information content (AvgIpc) is 2.45. The van der Waals surface area contributed by atoms with Gasteiger partial charge in [0.2, 0.25) is 0 Å². The molecule has 0 saturated heterocycles. The van der Waals surface area contributed by atoms with Gasteiger partial charge in [-0.3, -0.25) is 4.79 Å². The van der Waals surface area contributed by atoms with Gasteiger partial charge in [0.15, 0.2) is 0 Å². The van der Waals surface area contributed by atoms with Crippen LogP contribution in [0.5, 0.6) is 11.5 Å². The molecule has 0 bridgehead atoms. The molecule has 6 heteroatoms. The summed E-state index contributed by atoms with van der Waals surface area (Å²) in [5.74, 6) is -0.995. The van der Waals surface area contributed by atoms with Gasteiger partial charge < -0.3 is 19.3 Å². The Bertz CT molecular complexity index is 523. The number of carboxylic acids is 1. The topological polar surface area (TPSA) is 82.1 Å². The predicted octanol–water partition coefficient (Wildman–Crippen LogP) is 2.29. The highest BCUT2D eigenvalue weighted by Gasteiger charge is 2.23. The maximum Gasteiger partial charge on any atom is 0.342 e. The van der Waals surface area contributed by atoms with Gasteiger partial charge in [0.25, 0.3) is 0 Å². The molecular formula is C15H20O6. The number of hydrogen-bond donors (Lipinski definition) is 1. The second-order valence-electron chi connectivity index (χ2n) is 4.56. The Balaban J connectivity index is 3.30. The van der Waals surface area contributed by atoms with E-state index in [-0.39, 0.29) is 23.8 Å². The minimum Gasteiger partial charge on any atom is -0.497 e. The Kier molecular flexibility index (Phi) is 6.02. The highest BCUT2D eigenvalue weighted by atomic mass is 16.5. The number of carbonyl (C=O) groups excluding carboxylic acids is 1. The molecule has 116 valence electrons. The molecule has 0 amide bonds. The van der Waals surface area contributed by atoms with Crippen LogP contribution in [0.4, 0.5) is 0 Å². The van der Waals surface area contributed by atoms with Crippen molar-refractivity contribution in [2.45, 2.75) is 32.8 Å². The number of esters is 1. The number of rotatable bonds is 7. The van der Waals surface area contributed by atoms with E-state index in [0.29, 0.717) is 17.7 Å². The van der Waals surface area contributed by atoms with E-state index < -0.39 is 11.9 Å². The zero-order chi connectivity index (χ0) is 16.0. The number of carboxylic acid groups (broad SMARTS) is 1. The monoisotopic (exact) mass is 296 g/mol. The molecule has 1 rings (SSSR count). The van der Waals surface area contributed by atoms with Gasteiger partial charge in [0.1, 0.15) is 17.1 Å². The maximum atomic E-state index is 12.3. The lowest BCUT2D eigenvalue weighted by Gasteiger charge is -2.16. The Hall–Kier alpha value is -2.24. The lowest BCUT2D eigenvalue weighted by molar-refractivity contribution is -0.136. The molecule has 0 radical (unpaired) electrons. The SMILES string of the molecule is CCC(C)OC(=O)c1c(CC(=O)O)cc(OC)cc1OC. The molecule has 1 atom stereocenters. The summed E-state index contributed by atoms with van der Waals surface area (Å²) in [5.41, 5.74) is 0.424. The van der Waals surface area contributed by atoms with E-state index in [1.54, 1.807) is 6.92 Å². The van der Waals surface area contributed by atoms with Gasteiger partial charge in [-0.15, -0.1) is 0 Å². The summed E-state index contributed by atoms with van der Waals surface area (Å²) in [6.07, 6.45) is 0.0822. The van der Waals surface area contributed by atoms with Crippen molar-refractivity contribution in [3.63, 3.8) is 0 Å². The Morgan fingerprint density at radius 2 is 1.90 bits per heavy atom. The van der Waals surface area contributed by atoms with Crippen LogP contribution < -0.4 is 9.47 Å². The molecule has 0 aliphatic heterocycles. The standard InChI is InChI=1S/C15H20O6/c1-5-9(2)21-15(18)14-10(7-13(16)17)6-11(19-3)8-12(14)20-4/h6,8-9H,5,7H2,1-4H3,(H,16,17). The number of ether oxygens (including phenoxy) is 3. The summed E-state index contributed by atoms with van der Waals surface area (Å²) in [6.45, 7) is 3.66. The molecule has 1 N–H and O–H groups in total. The molecule has 0 saturated carbocycles. The Morgan fingerprint density at radius 1 is 1.24 bits per heavy atom. The fourth-order valence-electron chi connectivity index (χ4n) is 1.78.